The van der Waals surface area contributed by atoms with Crippen LogP contribution in [0.4, 0.5) is 17.6 Å². The molecule has 5 heteroatoms. The molecule has 0 N–H and O–H groups in total. The van der Waals surface area contributed by atoms with Crippen LogP contribution in [0.3, 0.4) is 0 Å². The average Bonchev–Trinajstić information content (AvgIpc) is 2.62. The van der Waals surface area contributed by atoms with Crippen molar-refractivity contribution in [3.63, 3.8) is 0 Å². The molecule has 1 aromatic carbocycles. The zero-order valence-corrected chi connectivity index (χ0v) is 17.8. The van der Waals surface area contributed by atoms with E-state index in [1.165, 1.54) is 32.3 Å². The molecule has 2 atom stereocenters. The van der Waals surface area contributed by atoms with Gasteiger partial charge in [0.2, 0.25) is 5.82 Å². The Bertz CT molecular complexity index is 574. The zero-order valence-electron chi connectivity index (χ0n) is 17.8. The molecule has 1 nitrogen and oxygen atoms in total. The van der Waals surface area contributed by atoms with Crippen molar-refractivity contribution in [1.29, 1.82) is 0 Å². The van der Waals surface area contributed by atoms with Crippen LogP contribution in [0.5, 0.6) is 5.75 Å². The molecule has 0 aliphatic carbocycles. The summed E-state index contributed by atoms with van der Waals surface area (Å²) < 4.78 is 60.0. The van der Waals surface area contributed by atoms with E-state index in [0.29, 0.717) is 18.8 Å². The highest BCUT2D eigenvalue weighted by Gasteiger charge is 2.33. The molecule has 0 saturated carbocycles. The average molecular weight is 405 g/mol. The Balaban J connectivity index is 2.47. The van der Waals surface area contributed by atoms with Gasteiger partial charge in [0.05, 0.1) is 6.42 Å². The van der Waals surface area contributed by atoms with Crippen molar-refractivity contribution in [2.24, 2.45) is 11.8 Å². The summed E-state index contributed by atoms with van der Waals surface area (Å²) in [5.74, 6) is -2.08. The molecule has 0 fully saturated rings. The highest BCUT2D eigenvalue weighted by atomic mass is 19.3. The number of ether oxygens (including phenoxy) is 1. The summed E-state index contributed by atoms with van der Waals surface area (Å²) >= 11 is 0. The quantitative estimate of drug-likeness (QED) is 0.283. The molecule has 1 aromatic rings. The number of hydrogen-bond donors (Lipinski definition) is 0. The van der Waals surface area contributed by atoms with Crippen molar-refractivity contribution >= 4 is 0 Å². The number of benzene rings is 1. The van der Waals surface area contributed by atoms with Gasteiger partial charge in [-0.1, -0.05) is 78.2 Å². The fourth-order valence-corrected chi connectivity index (χ4v) is 3.75. The lowest BCUT2D eigenvalue weighted by atomic mass is 9.89. The normalized spacial score (nSPS) is 14.1. The van der Waals surface area contributed by atoms with Gasteiger partial charge in [0.25, 0.3) is 0 Å². The number of rotatable bonds is 14. The summed E-state index contributed by atoms with van der Waals surface area (Å²) in [6.07, 6.45) is 4.89. The van der Waals surface area contributed by atoms with Crippen LogP contribution in [-0.2, 0) is 0 Å². The first-order valence-electron chi connectivity index (χ1n) is 10.7. The molecular formula is C23H36F4O. The first-order valence-corrected chi connectivity index (χ1v) is 10.7. The highest BCUT2D eigenvalue weighted by Crippen LogP contribution is 2.32. The molecule has 28 heavy (non-hydrogen) atoms. The van der Waals surface area contributed by atoms with E-state index in [9.17, 15) is 17.6 Å². The van der Waals surface area contributed by atoms with Crippen LogP contribution < -0.4 is 4.74 Å². The van der Waals surface area contributed by atoms with Crippen LogP contribution in [-0.4, -0.2) is 6.11 Å². The largest absolute Gasteiger partial charge is 0.429 e. The molecular weight excluding hydrogens is 368 g/mol. The van der Waals surface area contributed by atoms with Gasteiger partial charge in [-0.15, -0.1) is 0 Å². The van der Waals surface area contributed by atoms with Gasteiger partial charge in [0, 0.05) is 0 Å². The van der Waals surface area contributed by atoms with Crippen molar-refractivity contribution in [1.82, 2.24) is 0 Å². The molecule has 0 aliphatic rings. The van der Waals surface area contributed by atoms with Crippen LogP contribution in [0.2, 0.25) is 0 Å². The summed E-state index contributed by atoms with van der Waals surface area (Å²) in [5, 5.41) is 0. The summed E-state index contributed by atoms with van der Waals surface area (Å²) in [4.78, 5) is 0. The van der Waals surface area contributed by atoms with E-state index in [-0.39, 0.29) is 5.56 Å². The van der Waals surface area contributed by atoms with Gasteiger partial charge in [-0.2, -0.15) is 13.2 Å². The van der Waals surface area contributed by atoms with Crippen molar-refractivity contribution in [2.45, 2.75) is 98.0 Å². The SMILES string of the molecule is CCCC(C)CCCC(CCC)CCCC(F)(F)Oc1ccc(C)c(F)c1F. The minimum Gasteiger partial charge on any atom is -0.429 e. The van der Waals surface area contributed by atoms with Gasteiger partial charge < -0.3 is 4.74 Å². The van der Waals surface area contributed by atoms with Gasteiger partial charge in [-0.3, -0.25) is 0 Å². The monoisotopic (exact) mass is 404 g/mol. The van der Waals surface area contributed by atoms with Crippen LogP contribution in [0.25, 0.3) is 0 Å². The molecule has 1 rings (SSSR count). The Morgan fingerprint density at radius 2 is 1.54 bits per heavy atom. The molecule has 0 aromatic heterocycles. The number of halogens is 4. The Morgan fingerprint density at radius 3 is 2.18 bits per heavy atom. The van der Waals surface area contributed by atoms with Gasteiger partial charge in [-0.05, 0) is 36.8 Å². The molecule has 0 bridgehead atoms. The van der Waals surface area contributed by atoms with Gasteiger partial charge >= 0.3 is 6.11 Å². The smallest absolute Gasteiger partial charge is 0.397 e. The van der Waals surface area contributed by atoms with E-state index >= 15 is 0 Å². The zero-order chi connectivity index (χ0) is 21.2. The maximum atomic E-state index is 14.1. The van der Waals surface area contributed by atoms with Gasteiger partial charge in [0.15, 0.2) is 11.6 Å². The van der Waals surface area contributed by atoms with Crippen molar-refractivity contribution in [3.8, 4) is 5.75 Å². The van der Waals surface area contributed by atoms with Crippen LogP contribution in [0.15, 0.2) is 12.1 Å². The van der Waals surface area contributed by atoms with Gasteiger partial charge in [0.1, 0.15) is 0 Å². The highest BCUT2D eigenvalue weighted by molar-refractivity contribution is 5.30. The first kappa shape index (κ1) is 24.8. The fourth-order valence-electron chi connectivity index (χ4n) is 3.75. The van der Waals surface area contributed by atoms with Crippen LogP contribution in [0.1, 0.15) is 90.5 Å². The Hall–Kier alpha value is -1.26. The van der Waals surface area contributed by atoms with E-state index in [4.69, 9.17) is 0 Å². The number of aryl methyl sites for hydroxylation is 1. The van der Waals surface area contributed by atoms with E-state index in [2.05, 4.69) is 25.5 Å². The minimum atomic E-state index is -3.51. The number of hydrogen-bond acceptors (Lipinski definition) is 1. The second kappa shape index (κ2) is 12.3. The summed E-state index contributed by atoms with van der Waals surface area (Å²) in [5.41, 5.74) is 0.0591. The lowest BCUT2D eigenvalue weighted by molar-refractivity contribution is -0.183. The molecule has 162 valence electrons. The number of alkyl halides is 2. The second-order valence-corrected chi connectivity index (χ2v) is 8.12. The Morgan fingerprint density at radius 1 is 0.893 bits per heavy atom. The van der Waals surface area contributed by atoms with E-state index in [0.717, 1.165) is 37.7 Å². The van der Waals surface area contributed by atoms with Crippen molar-refractivity contribution < 1.29 is 22.3 Å². The maximum absolute atomic E-state index is 14.1. The topological polar surface area (TPSA) is 9.23 Å². The predicted molar refractivity (Wildman–Crippen MR) is 107 cm³/mol. The molecule has 0 radical (unpaired) electrons. The molecule has 0 saturated heterocycles. The molecule has 2 unspecified atom stereocenters. The van der Waals surface area contributed by atoms with Crippen molar-refractivity contribution in [3.05, 3.63) is 29.3 Å². The summed E-state index contributed by atoms with van der Waals surface area (Å²) in [6, 6.07) is 2.29. The third-order valence-electron chi connectivity index (χ3n) is 5.37. The fraction of sp³-hybridized carbons (Fsp3) is 0.739. The maximum Gasteiger partial charge on any atom is 0.397 e. The lowest BCUT2D eigenvalue weighted by Crippen LogP contribution is -2.25. The van der Waals surface area contributed by atoms with E-state index in [1.807, 2.05) is 0 Å². The third kappa shape index (κ3) is 8.83. The molecule has 0 amide bonds. The van der Waals surface area contributed by atoms with E-state index in [1.54, 1.807) is 0 Å². The summed E-state index contributed by atoms with van der Waals surface area (Å²) in [7, 11) is 0. The van der Waals surface area contributed by atoms with Gasteiger partial charge in [-0.25, -0.2) is 4.39 Å². The molecule has 0 aliphatic heterocycles. The van der Waals surface area contributed by atoms with Crippen molar-refractivity contribution in [2.75, 3.05) is 0 Å². The van der Waals surface area contributed by atoms with E-state index < -0.39 is 29.9 Å². The standard InChI is InChI=1S/C23H36F4O/c1-5-9-17(3)11-7-12-19(10-6-2)13-8-16-23(26,27)28-20-15-14-18(4)21(24)22(20)25/h14-15,17,19H,5-13,16H2,1-4H3. The summed E-state index contributed by atoms with van der Waals surface area (Å²) in [6.45, 7) is 7.94. The third-order valence-corrected chi connectivity index (χ3v) is 5.37. The van der Waals surface area contributed by atoms with Crippen LogP contribution >= 0.6 is 0 Å². The first-order chi connectivity index (χ1) is 13.2. The Kier molecular flexibility index (Phi) is 10.9. The van der Waals surface area contributed by atoms with Crippen LogP contribution in [0, 0.1) is 30.4 Å². The lowest BCUT2D eigenvalue weighted by Gasteiger charge is -2.21. The second-order valence-electron chi connectivity index (χ2n) is 8.12. The molecule has 0 spiro atoms. The molecule has 0 heterocycles. The minimum absolute atomic E-state index is 0.0591. The predicted octanol–water partition coefficient (Wildman–Crippen LogP) is 8.44. The Labute approximate surface area is 167 Å².